The van der Waals surface area contributed by atoms with E-state index in [4.69, 9.17) is 30.8 Å². The highest BCUT2D eigenvalue weighted by Gasteiger charge is 2.20. The number of nitrogens with zero attached hydrogens (tertiary/aromatic N) is 1. The van der Waals surface area contributed by atoms with E-state index in [1.807, 2.05) is 6.07 Å². The summed E-state index contributed by atoms with van der Waals surface area (Å²) in [6.07, 6.45) is 1.43. The fourth-order valence-corrected chi connectivity index (χ4v) is 2.96. The van der Waals surface area contributed by atoms with Crippen molar-refractivity contribution in [3.8, 4) is 11.5 Å². The van der Waals surface area contributed by atoms with Crippen LogP contribution in [0.25, 0.3) is 0 Å². The summed E-state index contributed by atoms with van der Waals surface area (Å²) in [5, 5.41) is 5.82. The summed E-state index contributed by atoms with van der Waals surface area (Å²) in [6, 6.07) is 6.86. The van der Waals surface area contributed by atoms with Crippen molar-refractivity contribution in [1.82, 2.24) is 5.32 Å². The molecular formula is C18H21N3O5S. The van der Waals surface area contributed by atoms with Gasteiger partial charge < -0.3 is 28.8 Å². The third kappa shape index (κ3) is 4.50. The minimum Gasteiger partial charge on any atom is -0.493 e. The van der Waals surface area contributed by atoms with Crippen LogP contribution in [0.4, 0.5) is 11.4 Å². The first-order chi connectivity index (χ1) is 13.1. The maximum Gasteiger partial charge on any atom is 0.293 e. The molecular weight excluding hydrogens is 370 g/mol. The van der Waals surface area contributed by atoms with Crippen LogP contribution in [-0.4, -0.2) is 51.5 Å². The highest BCUT2D eigenvalue weighted by molar-refractivity contribution is 7.80. The summed E-state index contributed by atoms with van der Waals surface area (Å²) in [6.45, 7) is 2.73. The van der Waals surface area contributed by atoms with Gasteiger partial charge in [0.05, 0.1) is 45.1 Å². The molecule has 1 fully saturated rings. The Balaban J connectivity index is 1.83. The van der Waals surface area contributed by atoms with Gasteiger partial charge in [0.2, 0.25) is 0 Å². The lowest BCUT2D eigenvalue weighted by Gasteiger charge is -2.31. The fourth-order valence-electron chi connectivity index (χ4n) is 2.76. The minimum atomic E-state index is -0.425. The molecule has 2 aromatic rings. The van der Waals surface area contributed by atoms with Gasteiger partial charge in [0.25, 0.3) is 5.91 Å². The largest absolute Gasteiger partial charge is 0.493 e. The molecule has 0 spiro atoms. The van der Waals surface area contributed by atoms with Gasteiger partial charge in [-0.15, -0.1) is 0 Å². The first-order valence-corrected chi connectivity index (χ1v) is 8.77. The number of thiocarbonyl (C=S) groups is 1. The number of nitrogens with one attached hydrogen (secondary N) is 2. The quantitative estimate of drug-likeness (QED) is 0.751. The molecule has 27 heavy (non-hydrogen) atoms. The molecule has 0 saturated carbocycles. The molecule has 1 amide bonds. The van der Waals surface area contributed by atoms with Gasteiger partial charge in [0.1, 0.15) is 0 Å². The van der Waals surface area contributed by atoms with Crippen molar-refractivity contribution in [2.24, 2.45) is 0 Å². The van der Waals surface area contributed by atoms with Crippen LogP contribution in [0, 0.1) is 0 Å². The number of amides is 1. The zero-order valence-corrected chi connectivity index (χ0v) is 15.9. The maximum atomic E-state index is 12.1. The number of benzene rings is 1. The summed E-state index contributed by atoms with van der Waals surface area (Å²) in [5.74, 6) is 0.915. The van der Waals surface area contributed by atoms with Crippen molar-refractivity contribution in [1.29, 1.82) is 0 Å². The van der Waals surface area contributed by atoms with Crippen molar-refractivity contribution < 1.29 is 23.4 Å². The van der Waals surface area contributed by atoms with E-state index in [1.54, 1.807) is 32.4 Å². The number of hydrogen-bond donors (Lipinski definition) is 2. The number of rotatable bonds is 5. The Bertz CT molecular complexity index is 804. The Morgan fingerprint density at radius 2 is 1.89 bits per heavy atom. The van der Waals surface area contributed by atoms with Crippen LogP contribution in [0.1, 0.15) is 10.6 Å². The smallest absolute Gasteiger partial charge is 0.293 e. The number of hydrogen-bond acceptors (Lipinski definition) is 7. The SMILES string of the molecule is COc1cc(NC(=S)NC(=O)c2ccco2)c(N2CCOCC2)cc1OC. The highest BCUT2D eigenvalue weighted by Crippen LogP contribution is 2.38. The summed E-state index contributed by atoms with van der Waals surface area (Å²) in [4.78, 5) is 14.3. The Morgan fingerprint density at radius 1 is 1.19 bits per heavy atom. The maximum absolute atomic E-state index is 12.1. The number of carbonyl (C=O) groups is 1. The van der Waals surface area contributed by atoms with Crippen molar-refractivity contribution >= 4 is 34.6 Å². The molecule has 1 aliphatic rings. The molecule has 0 unspecified atom stereocenters. The van der Waals surface area contributed by atoms with Gasteiger partial charge in [-0.1, -0.05) is 0 Å². The van der Waals surface area contributed by atoms with Gasteiger partial charge in [-0.25, -0.2) is 0 Å². The third-order valence-electron chi connectivity index (χ3n) is 4.07. The van der Waals surface area contributed by atoms with Gasteiger partial charge in [-0.3, -0.25) is 10.1 Å². The van der Waals surface area contributed by atoms with Crippen molar-refractivity contribution in [2.75, 3.05) is 50.7 Å². The Kier molecular flexibility index (Phi) is 6.15. The Morgan fingerprint density at radius 3 is 2.52 bits per heavy atom. The molecule has 3 rings (SSSR count). The highest BCUT2D eigenvalue weighted by atomic mass is 32.1. The van der Waals surface area contributed by atoms with E-state index >= 15 is 0 Å². The average molecular weight is 391 g/mol. The monoisotopic (exact) mass is 391 g/mol. The average Bonchev–Trinajstić information content (AvgIpc) is 3.23. The topological polar surface area (TPSA) is 85.2 Å². The Hall–Kier alpha value is -2.78. The van der Waals surface area contributed by atoms with E-state index in [0.717, 1.165) is 18.8 Å². The number of anilines is 2. The lowest BCUT2D eigenvalue weighted by atomic mass is 10.2. The summed E-state index contributed by atoms with van der Waals surface area (Å²) >= 11 is 5.29. The first-order valence-electron chi connectivity index (χ1n) is 8.37. The minimum absolute atomic E-state index is 0.151. The zero-order chi connectivity index (χ0) is 19.2. The summed E-state index contributed by atoms with van der Waals surface area (Å²) in [7, 11) is 3.15. The van der Waals surface area contributed by atoms with E-state index in [1.165, 1.54) is 6.26 Å². The molecule has 2 N–H and O–H groups in total. The van der Waals surface area contributed by atoms with E-state index in [-0.39, 0.29) is 10.9 Å². The van der Waals surface area contributed by atoms with Gasteiger partial charge in [-0.05, 0) is 24.4 Å². The third-order valence-corrected chi connectivity index (χ3v) is 4.28. The van der Waals surface area contributed by atoms with E-state index < -0.39 is 5.91 Å². The van der Waals surface area contributed by atoms with E-state index in [9.17, 15) is 4.79 Å². The molecule has 0 radical (unpaired) electrons. The summed E-state index contributed by atoms with van der Waals surface area (Å²) < 4.78 is 21.3. The molecule has 1 aromatic heterocycles. The molecule has 1 aromatic carbocycles. The van der Waals surface area contributed by atoms with Crippen molar-refractivity contribution in [3.05, 3.63) is 36.3 Å². The first kappa shape index (κ1) is 19.0. The van der Waals surface area contributed by atoms with Gasteiger partial charge >= 0.3 is 0 Å². The fraction of sp³-hybridized carbons (Fsp3) is 0.333. The Labute approximate surface area is 162 Å². The molecule has 144 valence electrons. The predicted octanol–water partition coefficient (Wildman–Crippen LogP) is 2.26. The van der Waals surface area contributed by atoms with Crippen LogP contribution in [0.2, 0.25) is 0 Å². The lowest BCUT2D eigenvalue weighted by molar-refractivity contribution is 0.0950. The molecule has 8 nitrogen and oxygen atoms in total. The van der Waals surface area contributed by atoms with Gasteiger partial charge in [0.15, 0.2) is 22.4 Å². The molecule has 1 aliphatic heterocycles. The van der Waals surface area contributed by atoms with Crippen molar-refractivity contribution in [3.63, 3.8) is 0 Å². The molecule has 0 aliphatic carbocycles. The van der Waals surface area contributed by atoms with Crippen molar-refractivity contribution in [2.45, 2.75) is 0 Å². The van der Waals surface area contributed by atoms with Gasteiger partial charge in [-0.2, -0.15) is 0 Å². The second kappa shape index (κ2) is 8.74. The molecule has 0 atom stereocenters. The lowest BCUT2D eigenvalue weighted by Crippen LogP contribution is -2.38. The molecule has 9 heteroatoms. The van der Waals surface area contributed by atoms with Crippen LogP contribution in [0.5, 0.6) is 11.5 Å². The van der Waals surface area contributed by atoms with E-state index in [2.05, 4.69) is 15.5 Å². The second-order valence-corrected chi connectivity index (χ2v) is 6.12. The number of methoxy groups -OCH3 is 2. The molecule has 1 saturated heterocycles. The van der Waals surface area contributed by atoms with Crippen LogP contribution in [0.3, 0.4) is 0 Å². The number of ether oxygens (including phenoxy) is 3. The summed E-state index contributed by atoms with van der Waals surface area (Å²) in [5.41, 5.74) is 1.57. The van der Waals surface area contributed by atoms with Crippen LogP contribution >= 0.6 is 12.2 Å². The number of morpholine rings is 1. The van der Waals surface area contributed by atoms with Crippen LogP contribution in [-0.2, 0) is 4.74 Å². The van der Waals surface area contributed by atoms with Crippen LogP contribution in [0.15, 0.2) is 34.9 Å². The number of furan rings is 1. The van der Waals surface area contributed by atoms with E-state index in [0.29, 0.717) is 30.4 Å². The molecule has 0 bridgehead atoms. The zero-order valence-electron chi connectivity index (χ0n) is 15.1. The second-order valence-electron chi connectivity index (χ2n) is 5.71. The predicted molar refractivity (Wildman–Crippen MR) is 105 cm³/mol. The normalized spacial score (nSPS) is 13.8. The van der Waals surface area contributed by atoms with Gasteiger partial charge in [0, 0.05) is 25.2 Å². The standard InChI is InChI=1S/C18H21N3O5S/c1-23-15-10-12(19-18(27)20-17(22)14-4-3-7-26-14)13(11-16(15)24-2)21-5-8-25-9-6-21/h3-4,7,10-11H,5-6,8-9H2,1-2H3,(H2,19,20,22,27). The van der Waals surface area contributed by atoms with Crippen LogP contribution < -0.4 is 25.0 Å². The number of carbonyl (C=O) groups excluding carboxylic acids is 1. The molecule has 2 heterocycles.